The van der Waals surface area contributed by atoms with Crippen LogP contribution >= 0.6 is 0 Å². The average molecular weight is 271 g/mol. The summed E-state index contributed by atoms with van der Waals surface area (Å²) >= 11 is 0. The predicted octanol–water partition coefficient (Wildman–Crippen LogP) is 1.55. The van der Waals surface area contributed by atoms with E-state index in [2.05, 4.69) is 37.5 Å². The van der Waals surface area contributed by atoms with Crippen molar-refractivity contribution in [1.82, 2.24) is 9.80 Å². The van der Waals surface area contributed by atoms with Crippen molar-refractivity contribution in [3.8, 4) is 0 Å². The van der Waals surface area contributed by atoms with Crippen LogP contribution in [0.15, 0.2) is 0 Å². The molecule has 1 saturated heterocycles. The van der Waals surface area contributed by atoms with Crippen molar-refractivity contribution in [2.75, 3.05) is 45.9 Å². The number of nitrogens with two attached hydrogens (primary N) is 1. The van der Waals surface area contributed by atoms with Crippen molar-refractivity contribution in [3.63, 3.8) is 0 Å². The van der Waals surface area contributed by atoms with Gasteiger partial charge >= 0.3 is 0 Å². The van der Waals surface area contributed by atoms with E-state index in [4.69, 9.17) is 10.5 Å². The Bertz CT molecular complexity index is 232. The molecular weight excluding hydrogens is 238 g/mol. The molecular formula is C15H33N3O. The third-order valence-corrected chi connectivity index (χ3v) is 3.76. The molecule has 0 spiro atoms. The summed E-state index contributed by atoms with van der Waals surface area (Å²) in [6, 6.07) is 0.581. The number of hydrogen-bond acceptors (Lipinski definition) is 4. The van der Waals surface area contributed by atoms with Crippen LogP contribution in [0.5, 0.6) is 0 Å². The Morgan fingerprint density at radius 3 is 2.26 bits per heavy atom. The molecule has 0 bridgehead atoms. The number of nitrogens with zero attached hydrogens (tertiary/aromatic N) is 2. The summed E-state index contributed by atoms with van der Waals surface area (Å²) in [6.45, 7) is 15.8. The van der Waals surface area contributed by atoms with Gasteiger partial charge in [-0.1, -0.05) is 13.3 Å². The minimum absolute atomic E-state index is 0.0202. The van der Waals surface area contributed by atoms with Crippen LogP contribution in [-0.2, 0) is 4.74 Å². The van der Waals surface area contributed by atoms with Gasteiger partial charge in [-0.25, -0.2) is 0 Å². The molecule has 4 heteroatoms. The lowest BCUT2D eigenvalue weighted by Gasteiger charge is -2.39. The molecule has 114 valence electrons. The summed E-state index contributed by atoms with van der Waals surface area (Å²) in [4.78, 5) is 5.06. The Morgan fingerprint density at radius 1 is 1.16 bits per heavy atom. The molecule has 0 radical (unpaired) electrons. The molecule has 0 aromatic carbocycles. The van der Waals surface area contributed by atoms with Gasteiger partial charge in [-0.05, 0) is 27.2 Å². The van der Waals surface area contributed by atoms with E-state index in [1.165, 1.54) is 12.8 Å². The van der Waals surface area contributed by atoms with Gasteiger partial charge in [0.25, 0.3) is 0 Å². The minimum atomic E-state index is -0.0202. The largest absolute Gasteiger partial charge is 0.375 e. The maximum absolute atomic E-state index is 5.88. The molecule has 1 fully saturated rings. The molecule has 19 heavy (non-hydrogen) atoms. The van der Waals surface area contributed by atoms with Gasteiger partial charge in [-0.3, -0.25) is 9.80 Å². The summed E-state index contributed by atoms with van der Waals surface area (Å²) in [7, 11) is 0. The second-order valence-electron chi connectivity index (χ2n) is 6.52. The highest BCUT2D eigenvalue weighted by atomic mass is 16.5. The zero-order chi connectivity index (χ0) is 14.3. The SMILES string of the molecule is CCCC(CN)N1CCN(CCOC(C)(C)C)CC1. The highest BCUT2D eigenvalue weighted by molar-refractivity contribution is 4.79. The van der Waals surface area contributed by atoms with Crippen LogP contribution in [0, 0.1) is 0 Å². The molecule has 0 aliphatic carbocycles. The highest BCUT2D eigenvalue weighted by Gasteiger charge is 2.22. The average Bonchev–Trinajstić information content (AvgIpc) is 2.35. The van der Waals surface area contributed by atoms with Gasteiger partial charge in [0.15, 0.2) is 0 Å². The maximum Gasteiger partial charge on any atom is 0.0600 e. The molecule has 2 N–H and O–H groups in total. The van der Waals surface area contributed by atoms with E-state index in [9.17, 15) is 0 Å². The van der Waals surface area contributed by atoms with Crippen LogP contribution < -0.4 is 5.73 Å². The number of rotatable bonds is 7. The Morgan fingerprint density at radius 2 is 1.79 bits per heavy atom. The lowest BCUT2D eigenvalue weighted by molar-refractivity contribution is -0.0195. The molecule has 1 aliphatic rings. The summed E-state index contributed by atoms with van der Waals surface area (Å²) in [6.07, 6.45) is 2.45. The molecule has 1 atom stereocenters. The van der Waals surface area contributed by atoms with Gasteiger partial charge in [0.2, 0.25) is 0 Å². The van der Waals surface area contributed by atoms with Gasteiger partial charge < -0.3 is 10.5 Å². The predicted molar refractivity (Wildman–Crippen MR) is 81.5 cm³/mol. The number of hydrogen-bond donors (Lipinski definition) is 1. The molecule has 1 rings (SSSR count). The Hall–Kier alpha value is -0.160. The Kier molecular flexibility index (Phi) is 7.29. The first-order valence-corrected chi connectivity index (χ1v) is 7.76. The Balaban J connectivity index is 2.21. The molecule has 4 nitrogen and oxygen atoms in total. The normalized spacial score (nSPS) is 20.7. The molecule has 0 saturated carbocycles. The van der Waals surface area contributed by atoms with Crippen molar-refractivity contribution in [2.24, 2.45) is 5.73 Å². The quantitative estimate of drug-likeness (QED) is 0.763. The molecule has 1 unspecified atom stereocenters. The number of piperazine rings is 1. The first-order valence-electron chi connectivity index (χ1n) is 7.76. The van der Waals surface area contributed by atoms with Crippen molar-refractivity contribution < 1.29 is 4.74 Å². The third-order valence-electron chi connectivity index (χ3n) is 3.76. The van der Waals surface area contributed by atoms with Gasteiger partial charge in [0.05, 0.1) is 12.2 Å². The highest BCUT2D eigenvalue weighted by Crippen LogP contribution is 2.11. The lowest BCUT2D eigenvalue weighted by Crippen LogP contribution is -2.52. The van der Waals surface area contributed by atoms with Gasteiger partial charge in [-0.15, -0.1) is 0 Å². The van der Waals surface area contributed by atoms with Crippen LogP contribution in [0.2, 0.25) is 0 Å². The molecule has 0 aromatic rings. The van der Waals surface area contributed by atoms with E-state index >= 15 is 0 Å². The summed E-state index contributed by atoms with van der Waals surface area (Å²) < 4.78 is 5.79. The van der Waals surface area contributed by atoms with Gasteiger partial charge in [0.1, 0.15) is 0 Å². The molecule has 1 aliphatic heterocycles. The molecule has 0 amide bonds. The fraction of sp³-hybridized carbons (Fsp3) is 1.00. The minimum Gasteiger partial charge on any atom is -0.375 e. The van der Waals surface area contributed by atoms with Crippen molar-refractivity contribution >= 4 is 0 Å². The lowest BCUT2D eigenvalue weighted by atomic mass is 10.1. The fourth-order valence-electron chi connectivity index (χ4n) is 2.62. The van der Waals surface area contributed by atoms with Crippen molar-refractivity contribution in [1.29, 1.82) is 0 Å². The van der Waals surface area contributed by atoms with Crippen LogP contribution in [0.25, 0.3) is 0 Å². The van der Waals surface area contributed by atoms with Crippen LogP contribution in [-0.4, -0.2) is 67.3 Å². The molecule has 0 aromatic heterocycles. The van der Waals surface area contributed by atoms with E-state index in [1.807, 2.05) is 0 Å². The molecule has 1 heterocycles. The van der Waals surface area contributed by atoms with E-state index < -0.39 is 0 Å². The standard InChI is InChI=1S/C15H33N3O/c1-5-6-14(13-16)18-9-7-17(8-10-18)11-12-19-15(2,3)4/h14H,5-13,16H2,1-4H3. The van der Waals surface area contributed by atoms with Gasteiger partial charge in [-0.2, -0.15) is 0 Å². The fourth-order valence-corrected chi connectivity index (χ4v) is 2.62. The summed E-state index contributed by atoms with van der Waals surface area (Å²) in [5.74, 6) is 0. The van der Waals surface area contributed by atoms with Crippen LogP contribution in [0.3, 0.4) is 0 Å². The summed E-state index contributed by atoms with van der Waals surface area (Å²) in [5, 5.41) is 0. The third kappa shape index (κ3) is 6.70. The van der Waals surface area contributed by atoms with Gasteiger partial charge in [0, 0.05) is 45.3 Å². The van der Waals surface area contributed by atoms with Crippen molar-refractivity contribution in [3.05, 3.63) is 0 Å². The first-order chi connectivity index (χ1) is 8.96. The van der Waals surface area contributed by atoms with E-state index in [1.54, 1.807) is 0 Å². The van der Waals surface area contributed by atoms with Crippen LogP contribution in [0.1, 0.15) is 40.5 Å². The summed E-state index contributed by atoms with van der Waals surface area (Å²) in [5.41, 5.74) is 5.86. The van der Waals surface area contributed by atoms with Crippen LogP contribution in [0.4, 0.5) is 0 Å². The second kappa shape index (κ2) is 8.20. The van der Waals surface area contributed by atoms with E-state index in [0.29, 0.717) is 6.04 Å². The number of ether oxygens (including phenoxy) is 1. The zero-order valence-electron chi connectivity index (χ0n) is 13.3. The first kappa shape index (κ1) is 16.9. The van der Waals surface area contributed by atoms with E-state index in [0.717, 1.165) is 45.9 Å². The van der Waals surface area contributed by atoms with Crippen molar-refractivity contribution in [2.45, 2.75) is 52.2 Å². The topological polar surface area (TPSA) is 41.7 Å². The smallest absolute Gasteiger partial charge is 0.0600 e. The maximum atomic E-state index is 5.88. The van der Waals surface area contributed by atoms with E-state index in [-0.39, 0.29) is 5.60 Å². The Labute approximate surface area is 119 Å². The monoisotopic (exact) mass is 271 g/mol. The second-order valence-corrected chi connectivity index (χ2v) is 6.52. The zero-order valence-corrected chi connectivity index (χ0v) is 13.3.